The van der Waals surface area contributed by atoms with Crippen LogP contribution in [-0.4, -0.2) is 48.1 Å². The van der Waals surface area contributed by atoms with Crippen molar-refractivity contribution in [1.29, 1.82) is 0 Å². The van der Waals surface area contributed by atoms with E-state index in [1.54, 1.807) is 29.3 Å². The van der Waals surface area contributed by atoms with Gasteiger partial charge in [-0.3, -0.25) is 0 Å². The van der Waals surface area contributed by atoms with E-state index in [0.717, 1.165) is 5.56 Å². The van der Waals surface area contributed by atoms with E-state index in [1.807, 2.05) is 24.0 Å². The first-order valence-corrected chi connectivity index (χ1v) is 9.87. The lowest BCUT2D eigenvalue weighted by atomic mass is 10.1. The molecule has 0 aliphatic carbocycles. The number of nitrogens with one attached hydrogen (secondary N) is 2. The van der Waals surface area contributed by atoms with Gasteiger partial charge in [0.2, 0.25) is 0 Å². The van der Waals surface area contributed by atoms with Crippen molar-refractivity contribution in [3.05, 3.63) is 52.1 Å². The second kappa shape index (κ2) is 9.19. The largest absolute Gasteiger partial charge is 0.352 e. The molecule has 0 radical (unpaired) electrons. The lowest BCUT2D eigenvalue weighted by molar-refractivity contribution is 0.191. The molecule has 10 heteroatoms. The summed E-state index contributed by atoms with van der Waals surface area (Å²) in [6.07, 6.45) is 1.56. The average Bonchev–Trinajstić information content (AvgIpc) is 2.68. The van der Waals surface area contributed by atoms with Gasteiger partial charge in [0.05, 0.1) is 16.1 Å². The van der Waals surface area contributed by atoms with Gasteiger partial charge in [0, 0.05) is 38.1 Å². The van der Waals surface area contributed by atoms with Gasteiger partial charge >= 0.3 is 12.1 Å². The lowest BCUT2D eigenvalue weighted by Crippen LogP contribution is -2.52. The third-order valence-electron chi connectivity index (χ3n) is 4.67. The normalized spacial score (nSPS) is 15.0. The Morgan fingerprint density at radius 1 is 1.14 bits per heavy atom. The molecular formula is C19H22Cl2N6O2. The number of urea groups is 2. The maximum absolute atomic E-state index is 12.6. The van der Waals surface area contributed by atoms with E-state index in [9.17, 15) is 9.59 Å². The van der Waals surface area contributed by atoms with E-state index in [0.29, 0.717) is 47.7 Å². The van der Waals surface area contributed by atoms with Crippen LogP contribution in [-0.2, 0) is 0 Å². The summed E-state index contributed by atoms with van der Waals surface area (Å²) < 4.78 is 0. The quantitative estimate of drug-likeness (QED) is 0.682. The molecule has 1 aliphatic heterocycles. The molecule has 0 spiro atoms. The fraction of sp³-hybridized carbons (Fsp3) is 0.316. The minimum atomic E-state index is -0.617. The second-order valence-electron chi connectivity index (χ2n) is 6.72. The summed E-state index contributed by atoms with van der Waals surface area (Å²) in [5.41, 5.74) is 6.62. The van der Waals surface area contributed by atoms with Crippen molar-refractivity contribution in [3.8, 4) is 0 Å². The van der Waals surface area contributed by atoms with Crippen LogP contribution in [0.3, 0.4) is 0 Å². The van der Waals surface area contributed by atoms with Gasteiger partial charge in [-0.05, 0) is 30.7 Å². The van der Waals surface area contributed by atoms with Crippen molar-refractivity contribution in [3.63, 3.8) is 0 Å². The van der Waals surface area contributed by atoms with E-state index < -0.39 is 6.03 Å². The van der Waals surface area contributed by atoms with E-state index in [2.05, 4.69) is 15.6 Å². The molecule has 2 heterocycles. The molecule has 4 amide bonds. The molecule has 1 aromatic heterocycles. The minimum Gasteiger partial charge on any atom is -0.352 e. The molecular weight excluding hydrogens is 415 g/mol. The molecule has 1 atom stereocenters. The van der Waals surface area contributed by atoms with Gasteiger partial charge in [-0.1, -0.05) is 35.3 Å². The number of nitrogens with two attached hydrogens (primary N) is 1. The van der Waals surface area contributed by atoms with Crippen molar-refractivity contribution in [2.45, 2.75) is 13.0 Å². The summed E-state index contributed by atoms with van der Waals surface area (Å²) in [7, 11) is 0. The highest BCUT2D eigenvalue weighted by Gasteiger charge is 2.24. The zero-order valence-electron chi connectivity index (χ0n) is 15.9. The van der Waals surface area contributed by atoms with Crippen molar-refractivity contribution in [2.75, 3.05) is 36.4 Å². The van der Waals surface area contributed by atoms with Crippen LogP contribution in [0.1, 0.15) is 18.5 Å². The topological polar surface area (TPSA) is 104 Å². The fourth-order valence-electron chi connectivity index (χ4n) is 3.12. The minimum absolute atomic E-state index is 0.133. The Morgan fingerprint density at radius 3 is 2.38 bits per heavy atom. The predicted molar refractivity (Wildman–Crippen MR) is 115 cm³/mol. The number of nitrogens with zero attached hydrogens (tertiary/aromatic N) is 3. The predicted octanol–water partition coefficient (Wildman–Crippen LogP) is 3.47. The number of aromatic nitrogens is 1. The third-order valence-corrected chi connectivity index (χ3v) is 5.16. The molecule has 1 fully saturated rings. The zero-order chi connectivity index (χ0) is 21.0. The van der Waals surface area contributed by atoms with Crippen LogP contribution in [0.5, 0.6) is 0 Å². The highest BCUT2D eigenvalue weighted by Crippen LogP contribution is 2.27. The number of hydrogen-bond donors (Lipinski definition) is 3. The average molecular weight is 437 g/mol. The number of primary amides is 1. The van der Waals surface area contributed by atoms with E-state index >= 15 is 0 Å². The zero-order valence-corrected chi connectivity index (χ0v) is 17.4. The Balaban J connectivity index is 1.53. The van der Waals surface area contributed by atoms with Crippen LogP contribution in [0.2, 0.25) is 10.0 Å². The van der Waals surface area contributed by atoms with E-state index in [-0.39, 0.29) is 12.1 Å². The first-order chi connectivity index (χ1) is 13.8. The number of halogens is 2. The number of rotatable bonds is 4. The number of amides is 4. The molecule has 2 aromatic rings. The molecule has 0 bridgehead atoms. The molecule has 0 unspecified atom stereocenters. The fourth-order valence-corrected chi connectivity index (χ4v) is 3.62. The first kappa shape index (κ1) is 21.0. The van der Waals surface area contributed by atoms with E-state index in [4.69, 9.17) is 28.9 Å². The number of hydrogen-bond acceptors (Lipinski definition) is 4. The smallest absolute Gasteiger partial charge is 0.317 e. The number of carbonyl (C=O) groups excluding carboxylic acids is 2. The monoisotopic (exact) mass is 436 g/mol. The van der Waals surface area contributed by atoms with Gasteiger partial charge in [-0.15, -0.1) is 0 Å². The summed E-state index contributed by atoms with van der Waals surface area (Å²) in [5, 5.41) is 6.49. The van der Waals surface area contributed by atoms with Gasteiger partial charge in [-0.2, -0.15) is 0 Å². The molecule has 1 aromatic carbocycles. The molecule has 8 nitrogen and oxygen atoms in total. The third kappa shape index (κ3) is 5.42. The van der Waals surface area contributed by atoms with Crippen LogP contribution < -0.4 is 21.3 Å². The number of anilines is 2. The number of carbonyl (C=O) groups is 2. The van der Waals surface area contributed by atoms with Gasteiger partial charge in [-0.25, -0.2) is 14.6 Å². The maximum atomic E-state index is 12.6. The summed E-state index contributed by atoms with van der Waals surface area (Å²) in [5.74, 6) is 0.675. The van der Waals surface area contributed by atoms with Crippen LogP contribution >= 0.6 is 23.2 Å². The summed E-state index contributed by atoms with van der Waals surface area (Å²) >= 11 is 12.1. The number of pyridine rings is 1. The lowest BCUT2D eigenvalue weighted by Gasteiger charge is -2.36. The molecule has 1 aliphatic rings. The Hall–Kier alpha value is -2.71. The summed E-state index contributed by atoms with van der Waals surface area (Å²) in [4.78, 5) is 31.6. The SMILES string of the molecule is C[C@H](NC(=O)N1CCN(c2ncc(Cl)cc2Cl)CC1)c1ccc(NC(N)=O)cc1. The van der Waals surface area contributed by atoms with Gasteiger partial charge in [0.1, 0.15) is 5.82 Å². The first-order valence-electron chi connectivity index (χ1n) is 9.11. The van der Waals surface area contributed by atoms with Gasteiger partial charge in [0.15, 0.2) is 0 Å². The van der Waals surface area contributed by atoms with Crippen molar-refractivity contribution in [1.82, 2.24) is 15.2 Å². The van der Waals surface area contributed by atoms with Crippen molar-refractivity contribution >= 4 is 46.8 Å². The van der Waals surface area contributed by atoms with Crippen LogP contribution in [0.15, 0.2) is 36.5 Å². The van der Waals surface area contributed by atoms with Crippen LogP contribution in [0, 0.1) is 0 Å². The Morgan fingerprint density at radius 2 is 1.79 bits per heavy atom. The number of piperazine rings is 1. The second-order valence-corrected chi connectivity index (χ2v) is 7.56. The van der Waals surface area contributed by atoms with Gasteiger partial charge in [0.25, 0.3) is 0 Å². The van der Waals surface area contributed by atoms with Gasteiger partial charge < -0.3 is 26.2 Å². The Kier molecular flexibility index (Phi) is 6.66. The van der Waals surface area contributed by atoms with Crippen molar-refractivity contribution in [2.24, 2.45) is 5.73 Å². The standard InChI is InChI=1S/C19H22Cl2N6O2/c1-12(13-2-4-15(5-3-13)25-18(22)28)24-19(29)27-8-6-26(7-9-27)17-16(21)10-14(20)11-23-17/h2-5,10-12H,6-9H2,1H3,(H,24,29)(H3,22,25,28)/t12-/m0/s1. The maximum Gasteiger partial charge on any atom is 0.317 e. The number of benzene rings is 1. The summed E-state index contributed by atoms with van der Waals surface area (Å²) in [6, 6.07) is 7.88. The molecule has 154 valence electrons. The van der Waals surface area contributed by atoms with Crippen LogP contribution in [0.25, 0.3) is 0 Å². The van der Waals surface area contributed by atoms with E-state index in [1.165, 1.54) is 0 Å². The highest BCUT2D eigenvalue weighted by molar-refractivity contribution is 6.36. The molecule has 1 saturated heterocycles. The molecule has 0 saturated carbocycles. The Bertz CT molecular complexity index is 885. The van der Waals surface area contributed by atoms with Crippen molar-refractivity contribution < 1.29 is 9.59 Å². The summed E-state index contributed by atoms with van der Waals surface area (Å²) in [6.45, 7) is 4.27. The molecule has 29 heavy (non-hydrogen) atoms. The van der Waals surface area contributed by atoms with Crippen LogP contribution in [0.4, 0.5) is 21.1 Å². The molecule has 3 rings (SSSR count). The highest BCUT2D eigenvalue weighted by atomic mass is 35.5. The molecule has 4 N–H and O–H groups in total. The Labute approximate surface area is 179 Å².